The summed E-state index contributed by atoms with van der Waals surface area (Å²) in [5.74, 6) is -0.452. The molecule has 0 saturated carbocycles. The highest BCUT2D eigenvalue weighted by Crippen LogP contribution is 2.29. The molecule has 0 fully saturated rings. The average molecular weight is 389 g/mol. The monoisotopic (exact) mass is 389 g/mol. The summed E-state index contributed by atoms with van der Waals surface area (Å²) in [6, 6.07) is 3.21. The topological polar surface area (TPSA) is 153 Å². The lowest BCUT2D eigenvalue weighted by atomic mass is 10.1. The molecule has 1 aromatic heterocycles. The SMILES string of the molecule is CCOC(=O)c1c(C)[nH]c(/C(C)=N/Nc2ccc([N+](=O)[O-])cc2[N+](=O)[O-])c1C. The molecule has 0 unspecified atom stereocenters. The van der Waals surface area contributed by atoms with Crippen LogP contribution >= 0.6 is 0 Å². The third kappa shape index (κ3) is 4.14. The van der Waals surface area contributed by atoms with Crippen LogP contribution in [0.4, 0.5) is 17.1 Å². The van der Waals surface area contributed by atoms with E-state index in [0.717, 1.165) is 12.1 Å². The lowest BCUT2D eigenvalue weighted by molar-refractivity contribution is -0.393. The number of rotatable bonds is 7. The van der Waals surface area contributed by atoms with Crippen molar-refractivity contribution in [1.29, 1.82) is 0 Å². The van der Waals surface area contributed by atoms with Gasteiger partial charge in [0.05, 0.1) is 39.5 Å². The second-order valence-electron chi connectivity index (χ2n) is 5.87. The number of esters is 1. The molecule has 0 spiro atoms. The molecule has 0 aliphatic carbocycles. The molecular formula is C17H19N5O6. The Morgan fingerprint density at radius 3 is 2.50 bits per heavy atom. The molecule has 11 nitrogen and oxygen atoms in total. The van der Waals surface area contributed by atoms with Crippen LogP contribution in [0, 0.1) is 34.1 Å². The number of nitro groups is 2. The highest BCUT2D eigenvalue weighted by molar-refractivity contribution is 6.03. The first-order valence-corrected chi connectivity index (χ1v) is 8.27. The van der Waals surface area contributed by atoms with E-state index in [-0.39, 0.29) is 12.3 Å². The van der Waals surface area contributed by atoms with Gasteiger partial charge in [0, 0.05) is 11.8 Å². The quantitative estimate of drug-likeness (QED) is 0.318. The Morgan fingerprint density at radius 1 is 1.25 bits per heavy atom. The van der Waals surface area contributed by atoms with Crippen LogP contribution in [0.25, 0.3) is 0 Å². The first-order chi connectivity index (χ1) is 13.2. The number of nitrogens with zero attached hydrogens (tertiary/aromatic N) is 3. The molecule has 2 N–H and O–H groups in total. The second-order valence-corrected chi connectivity index (χ2v) is 5.87. The van der Waals surface area contributed by atoms with E-state index in [2.05, 4.69) is 15.5 Å². The van der Waals surface area contributed by atoms with Gasteiger partial charge in [-0.15, -0.1) is 0 Å². The van der Waals surface area contributed by atoms with Crippen LogP contribution in [0.2, 0.25) is 0 Å². The summed E-state index contributed by atoms with van der Waals surface area (Å²) in [5, 5.41) is 26.1. The van der Waals surface area contributed by atoms with Crippen molar-refractivity contribution in [2.24, 2.45) is 5.10 Å². The number of hydrazone groups is 1. The van der Waals surface area contributed by atoms with Gasteiger partial charge in [0.2, 0.25) is 0 Å². The molecule has 0 saturated heterocycles. The number of nitrogens with one attached hydrogen (secondary N) is 2. The van der Waals surface area contributed by atoms with E-state index in [1.165, 1.54) is 6.07 Å². The van der Waals surface area contributed by atoms with Crippen LogP contribution < -0.4 is 5.43 Å². The Labute approximate surface area is 159 Å². The minimum Gasteiger partial charge on any atom is -0.462 e. The maximum Gasteiger partial charge on any atom is 0.340 e. The molecule has 0 aliphatic heterocycles. The van der Waals surface area contributed by atoms with Gasteiger partial charge in [-0.1, -0.05) is 0 Å². The number of hydrogen-bond acceptors (Lipinski definition) is 8. The van der Waals surface area contributed by atoms with Gasteiger partial charge in [0.15, 0.2) is 0 Å². The molecule has 28 heavy (non-hydrogen) atoms. The van der Waals surface area contributed by atoms with Crippen LogP contribution in [0.3, 0.4) is 0 Å². The number of ether oxygens (including phenoxy) is 1. The molecule has 1 heterocycles. The van der Waals surface area contributed by atoms with E-state index in [0.29, 0.717) is 28.2 Å². The molecule has 0 radical (unpaired) electrons. The predicted molar refractivity (Wildman–Crippen MR) is 102 cm³/mol. The lowest BCUT2D eigenvalue weighted by Crippen LogP contribution is -2.07. The number of hydrogen-bond donors (Lipinski definition) is 2. The fraction of sp³-hybridized carbons (Fsp3) is 0.294. The Bertz CT molecular complexity index is 979. The Kier molecular flexibility index (Phi) is 6.08. The summed E-state index contributed by atoms with van der Waals surface area (Å²) in [6.45, 7) is 7.07. The van der Waals surface area contributed by atoms with E-state index in [1.54, 1.807) is 27.7 Å². The minimum atomic E-state index is -0.733. The fourth-order valence-electron chi connectivity index (χ4n) is 2.70. The fourth-order valence-corrected chi connectivity index (χ4v) is 2.70. The largest absolute Gasteiger partial charge is 0.462 e. The van der Waals surface area contributed by atoms with Crippen molar-refractivity contribution in [3.8, 4) is 0 Å². The second kappa shape index (κ2) is 8.29. The zero-order valence-electron chi connectivity index (χ0n) is 15.7. The van der Waals surface area contributed by atoms with Crippen molar-refractivity contribution in [2.75, 3.05) is 12.0 Å². The molecule has 0 aliphatic rings. The number of H-pyrrole nitrogens is 1. The normalized spacial score (nSPS) is 11.2. The van der Waals surface area contributed by atoms with E-state index >= 15 is 0 Å². The Hall–Kier alpha value is -3.76. The van der Waals surface area contributed by atoms with Gasteiger partial charge in [-0.2, -0.15) is 5.10 Å². The van der Waals surface area contributed by atoms with Crippen molar-refractivity contribution in [1.82, 2.24) is 4.98 Å². The Morgan fingerprint density at radius 2 is 1.93 bits per heavy atom. The number of carbonyl (C=O) groups is 1. The van der Waals surface area contributed by atoms with Crippen LogP contribution in [-0.2, 0) is 4.74 Å². The van der Waals surface area contributed by atoms with Gasteiger partial charge in [-0.05, 0) is 39.3 Å². The maximum atomic E-state index is 12.1. The average Bonchev–Trinajstić information content (AvgIpc) is 2.93. The van der Waals surface area contributed by atoms with E-state index in [4.69, 9.17) is 4.74 Å². The number of aryl methyl sites for hydroxylation is 1. The molecule has 2 rings (SSSR count). The first kappa shape index (κ1) is 20.6. The van der Waals surface area contributed by atoms with Crippen molar-refractivity contribution in [2.45, 2.75) is 27.7 Å². The van der Waals surface area contributed by atoms with Gasteiger partial charge in [0.25, 0.3) is 5.69 Å². The number of anilines is 1. The smallest absolute Gasteiger partial charge is 0.340 e. The zero-order chi connectivity index (χ0) is 21.0. The third-order valence-corrected chi connectivity index (χ3v) is 4.01. The van der Waals surface area contributed by atoms with Crippen molar-refractivity contribution < 1.29 is 19.4 Å². The third-order valence-electron chi connectivity index (χ3n) is 4.01. The standard InChI is InChI=1S/C17H19N5O6/c1-5-28-17(23)15-9(2)16(18-10(15)3)11(4)19-20-13-7-6-12(21(24)25)8-14(13)22(26)27/h6-8,18,20H,5H2,1-4H3/b19-11+. The van der Waals surface area contributed by atoms with Crippen LogP contribution in [0.1, 0.15) is 41.2 Å². The summed E-state index contributed by atoms with van der Waals surface area (Å²) in [4.78, 5) is 35.7. The molecule has 0 amide bonds. The molecule has 0 atom stereocenters. The molecular weight excluding hydrogens is 370 g/mol. The van der Waals surface area contributed by atoms with Gasteiger partial charge in [0.1, 0.15) is 5.69 Å². The number of benzene rings is 1. The summed E-state index contributed by atoms with van der Waals surface area (Å²) in [7, 11) is 0. The maximum absolute atomic E-state index is 12.1. The minimum absolute atomic E-state index is 0.00139. The van der Waals surface area contributed by atoms with Gasteiger partial charge >= 0.3 is 11.7 Å². The highest BCUT2D eigenvalue weighted by atomic mass is 16.6. The Balaban J connectivity index is 2.36. The number of non-ortho nitro benzene ring substituents is 1. The van der Waals surface area contributed by atoms with Crippen molar-refractivity contribution in [3.05, 3.63) is 60.9 Å². The number of aromatic amines is 1. The first-order valence-electron chi connectivity index (χ1n) is 8.27. The molecule has 11 heteroatoms. The molecule has 0 bridgehead atoms. The van der Waals surface area contributed by atoms with E-state index in [9.17, 15) is 25.0 Å². The van der Waals surface area contributed by atoms with E-state index in [1.807, 2.05) is 0 Å². The summed E-state index contributed by atoms with van der Waals surface area (Å²) < 4.78 is 5.04. The lowest BCUT2D eigenvalue weighted by Gasteiger charge is -2.05. The summed E-state index contributed by atoms with van der Waals surface area (Å²) in [5.41, 5.74) is 4.35. The zero-order valence-corrected chi connectivity index (χ0v) is 15.7. The van der Waals surface area contributed by atoms with E-state index < -0.39 is 27.2 Å². The van der Waals surface area contributed by atoms with Crippen molar-refractivity contribution in [3.63, 3.8) is 0 Å². The van der Waals surface area contributed by atoms with Crippen LogP contribution in [-0.4, -0.2) is 33.1 Å². The van der Waals surface area contributed by atoms with Gasteiger partial charge in [-0.3, -0.25) is 25.7 Å². The predicted octanol–water partition coefficient (Wildman–Crippen LogP) is 3.46. The highest BCUT2D eigenvalue weighted by Gasteiger charge is 2.22. The van der Waals surface area contributed by atoms with Gasteiger partial charge in [-0.25, -0.2) is 4.79 Å². The van der Waals surface area contributed by atoms with Gasteiger partial charge < -0.3 is 9.72 Å². The van der Waals surface area contributed by atoms with Crippen LogP contribution in [0.5, 0.6) is 0 Å². The van der Waals surface area contributed by atoms with Crippen molar-refractivity contribution >= 4 is 28.7 Å². The molecule has 2 aromatic rings. The number of nitro benzene ring substituents is 2. The summed E-state index contributed by atoms with van der Waals surface area (Å²) >= 11 is 0. The number of aromatic nitrogens is 1. The summed E-state index contributed by atoms with van der Waals surface area (Å²) in [6.07, 6.45) is 0. The number of carbonyl (C=O) groups excluding carboxylic acids is 1. The molecule has 1 aromatic carbocycles. The van der Waals surface area contributed by atoms with Crippen LogP contribution in [0.15, 0.2) is 23.3 Å². The molecule has 148 valence electrons.